The van der Waals surface area contributed by atoms with Gasteiger partial charge in [-0.15, -0.1) is 0 Å². The van der Waals surface area contributed by atoms with Gasteiger partial charge < -0.3 is 10.1 Å². The van der Waals surface area contributed by atoms with E-state index < -0.39 is 27.6 Å². The molecule has 0 radical (unpaired) electrons. The zero-order valence-corrected chi connectivity index (χ0v) is 19.8. The summed E-state index contributed by atoms with van der Waals surface area (Å²) in [5.41, 5.74) is 1.12. The first-order valence-corrected chi connectivity index (χ1v) is 12.7. The minimum absolute atomic E-state index is 0.0495. The first-order chi connectivity index (χ1) is 16.0. The van der Waals surface area contributed by atoms with Gasteiger partial charge in [0.2, 0.25) is 5.88 Å². The summed E-state index contributed by atoms with van der Waals surface area (Å²) in [5, 5.41) is 3.79. The molecule has 1 fully saturated rings. The number of anilines is 1. The second kappa shape index (κ2) is 9.01. The highest BCUT2D eigenvalue weighted by atomic mass is 32.2. The van der Waals surface area contributed by atoms with Crippen molar-refractivity contribution in [2.45, 2.75) is 44.8 Å². The van der Waals surface area contributed by atoms with Crippen LogP contribution in [0.15, 0.2) is 30.6 Å². The van der Waals surface area contributed by atoms with E-state index in [2.05, 4.69) is 20.3 Å². The van der Waals surface area contributed by atoms with E-state index in [9.17, 15) is 21.6 Å². The number of fused-ring (bicyclic) bond motifs is 1. The van der Waals surface area contributed by atoms with E-state index in [1.807, 2.05) is 6.07 Å². The molecule has 3 aromatic rings. The molecule has 2 aromatic heterocycles. The first kappa shape index (κ1) is 24.2. The molecule has 1 aromatic carbocycles. The number of ether oxygens (including phenoxy) is 1. The Kier molecular flexibility index (Phi) is 6.41. The third-order valence-corrected chi connectivity index (χ3v) is 8.02. The average Bonchev–Trinajstić information content (AvgIpc) is 2.78. The molecule has 7 nitrogen and oxygen atoms in total. The van der Waals surface area contributed by atoms with Crippen LogP contribution in [0.5, 0.6) is 5.88 Å². The maximum atomic E-state index is 13.4. The third kappa shape index (κ3) is 4.79. The number of benzene rings is 1. The van der Waals surface area contributed by atoms with Gasteiger partial charge >= 0.3 is 6.18 Å². The van der Waals surface area contributed by atoms with Crippen molar-refractivity contribution in [3.05, 3.63) is 52.8 Å². The summed E-state index contributed by atoms with van der Waals surface area (Å²) in [7, 11) is -1.54. The van der Waals surface area contributed by atoms with Crippen molar-refractivity contribution in [1.82, 2.24) is 15.0 Å². The lowest BCUT2D eigenvalue weighted by Gasteiger charge is -2.24. The first-order valence-electron chi connectivity index (χ1n) is 10.8. The average molecular weight is 495 g/mol. The SMILES string of the molecule is COc1nc2ncnc(N[C@H](C)c3cccc(C(F)(F)F)c3C)c2cc1C1CCS(=O)(=O)CC1. The van der Waals surface area contributed by atoms with Crippen LogP contribution in [-0.4, -0.2) is 42.0 Å². The van der Waals surface area contributed by atoms with E-state index in [-0.39, 0.29) is 23.0 Å². The van der Waals surface area contributed by atoms with Crippen molar-refractivity contribution in [3.8, 4) is 5.88 Å². The van der Waals surface area contributed by atoms with E-state index in [1.165, 1.54) is 26.4 Å². The molecule has 3 heterocycles. The molecular formula is C23H25F3N4O3S. The quantitative estimate of drug-likeness (QED) is 0.543. The smallest absolute Gasteiger partial charge is 0.416 e. The minimum Gasteiger partial charge on any atom is -0.481 e. The van der Waals surface area contributed by atoms with Crippen molar-refractivity contribution in [2.24, 2.45) is 0 Å². The van der Waals surface area contributed by atoms with Gasteiger partial charge in [0, 0.05) is 5.56 Å². The molecule has 1 saturated heterocycles. The second-order valence-electron chi connectivity index (χ2n) is 8.49. The molecule has 4 rings (SSSR count). The molecule has 0 unspecified atom stereocenters. The van der Waals surface area contributed by atoms with Crippen molar-refractivity contribution in [2.75, 3.05) is 23.9 Å². The maximum absolute atomic E-state index is 13.4. The number of nitrogens with one attached hydrogen (secondary N) is 1. The van der Waals surface area contributed by atoms with Gasteiger partial charge in [-0.3, -0.25) is 0 Å². The fourth-order valence-corrected chi connectivity index (χ4v) is 5.96. The summed E-state index contributed by atoms with van der Waals surface area (Å²) in [6, 6.07) is 5.48. The fraction of sp³-hybridized carbons (Fsp3) is 0.435. The molecule has 0 amide bonds. The van der Waals surface area contributed by atoms with E-state index in [4.69, 9.17) is 4.74 Å². The van der Waals surface area contributed by atoms with Crippen LogP contribution in [0.3, 0.4) is 0 Å². The van der Waals surface area contributed by atoms with Gasteiger partial charge in [0.1, 0.15) is 22.0 Å². The Balaban J connectivity index is 1.71. The highest BCUT2D eigenvalue weighted by molar-refractivity contribution is 7.91. The Morgan fingerprint density at radius 1 is 1.18 bits per heavy atom. The third-order valence-electron chi connectivity index (χ3n) is 6.31. The maximum Gasteiger partial charge on any atom is 0.416 e. The lowest BCUT2D eigenvalue weighted by molar-refractivity contribution is -0.138. The summed E-state index contributed by atoms with van der Waals surface area (Å²) < 4.78 is 69.3. The van der Waals surface area contributed by atoms with Crippen LogP contribution >= 0.6 is 0 Å². The largest absolute Gasteiger partial charge is 0.481 e. The van der Waals surface area contributed by atoms with Crippen molar-refractivity contribution in [3.63, 3.8) is 0 Å². The normalized spacial score (nSPS) is 17.5. The number of pyridine rings is 1. The predicted molar refractivity (Wildman–Crippen MR) is 123 cm³/mol. The highest BCUT2D eigenvalue weighted by Crippen LogP contribution is 2.38. The zero-order valence-electron chi connectivity index (χ0n) is 19.0. The second-order valence-corrected chi connectivity index (χ2v) is 10.8. The van der Waals surface area contributed by atoms with Gasteiger partial charge in [-0.1, -0.05) is 12.1 Å². The molecule has 182 valence electrons. The van der Waals surface area contributed by atoms with E-state index in [0.717, 1.165) is 11.6 Å². The Hall–Kier alpha value is -2.95. The number of aromatic nitrogens is 3. The molecule has 0 aliphatic carbocycles. The molecule has 34 heavy (non-hydrogen) atoms. The number of halogens is 3. The number of hydrogen-bond donors (Lipinski definition) is 1. The van der Waals surface area contributed by atoms with E-state index in [0.29, 0.717) is 41.1 Å². The number of methoxy groups -OCH3 is 1. The predicted octanol–water partition coefficient (Wildman–Crippen LogP) is 4.83. The summed E-state index contributed by atoms with van der Waals surface area (Å²) in [4.78, 5) is 13.0. The highest BCUT2D eigenvalue weighted by Gasteiger charge is 2.33. The topological polar surface area (TPSA) is 94.1 Å². The molecule has 0 bridgehead atoms. The molecule has 0 saturated carbocycles. The van der Waals surface area contributed by atoms with Crippen LogP contribution in [0, 0.1) is 6.92 Å². The van der Waals surface area contributed by atoms with Gasteiger partial charge in [-0.2, -0.15) is 18.2 Å². The van der Waals surface area contributed by atoms with Crippen LogP contribution in [0.25, 0.3) is 11.0 Å². The van der Waals surface area contributed by atoms with Gasteiger partial charge in [0.05, 0.1) is 35.6 Å². The molecular weight excluding hydrogens is 469 g/mol. The summed E-state index contributed by atoms with van der Waals surface area (Å²) >= 11 is 0. The van der Waals surface area contributed by atoms with E-state index >= 15 is 0 Å². The lowest BCUT2D eigenvalue weighted by atomic mass is 9.93. The van der Waals surface area contributed by atoms with Crippen LogP contribution in [0.2, 0.25) is 0 Å². The fourth-order valence-electron chi connectivity index (χ4n) is 4.47. The molecule has 0 spiro atoms. The Morgan fingerprint density at radius 3 is 2.53 bits per heavy atom. The van der Waals surface area contributed by atoms with Gasteiger partial charge in [0.25, 0.3) is 0 Å². The molecule has 11 heteroatoms. The molecule has 1 atom stereocenters. The summed E-state index contributed by atoms with van der Waals surface area (Å²) in [5.74, 6) is 0.950. The van der Waals surface area contributed by atoms with Gasteiger partial charge in [-0.25, -0.2) is 18.4 Å². The van der Waals surface area contributed by atoms with Crippen LogP contribution in [-0.2, 0) is 16.0 Å². The lowest BCUT2D eigenvalue weighted by Crippen LogP contribution is -2.22. The van der Waals surface area contributed by atoms with Gasteiger partial charge in [-0.05, 0) is 55.9 Å². The van der Waals surface area contributed by atoms with Crippen LogP contribution < -0.4 is 10.1 Å². The van der Waals surface area contributed by atoms with E-state index in [1.54, 1.807) is 13.0 Å². The van der Waals surface area contributed by atoms with Crippen molar-refractivity contribution in [1.29, 1.82) is 0 Å². The van der Waals surface area contributed by atoms with Crippen molar-refractivity contribution >= 4 is 26.7 Å². The Morgan fingerprint density at radius 2 is 1.88 bits per heavy atom. The number of alkyl halides is 3. The summed E-state index contributed by atoms with van der Waals surface area (Å²) in [6.07, 6.45) is -2.19. The zero-order chi connectivity index (χ0) is 24.7. The Bertz CT molecular complexity index is 1320. The monoisotopic (exact) mass is 494 g/mol. The standard InChI is InChI=1S/C23H25F3N4O3S/c1-13-16(5-4-6-19(13)23(24,25)26)14(2)29-20-18-11-17(15-7-9-34(31,32)10-8-15)22(33-3)30-21(18)28-12-27-20/h4-6,11-12,14-15H,7-10H2,1-3H3,(H,27,28,29,30)/t14-/m1/s1. The summed E-state index contributed by atoms with van der Waals surface area (Å²) in [6.45, 7) is 3.22. The molecule has 1 N–H and O–H groups in total. The molecule has 1 aliphatic heterocycles. The van der Waals surface area contributed by atoms with Crippen LogP contribution in [0.1, 0.15) is 54.0 Å². The van der Waals surface area contributed by atoms with Crippen molar-refractivity contribution < 1.29 is 26.3 Å². The number of rotatable bonds is 5. The number of hydrogen-bond acceptors (Lipinski definition) is 7. The van der Waals surface area contributed by atoms with Gasteiger partial charge in [0.15, 0.2) is 5.65 Å². The number of sulfone groups is 1. The number of nitrogens with zero attached hydrogens (tertiary/aromatic N) is 3. The Labute approximate surface area is 195 Å². The van der Waals surface area contributed by atoms with Crippen LogP contribution in [0.4, 0.5) is 19.0 Å². The molecule has 1 aliphatic rings. The minimum atomic E-state index is -4.44.